The third-order valence-corrected chi connectivity index (χ3v) is 4.81. The topological polar surface area (TPSA) is 84.8 Å². The lowest BCUT2D eigenvalue weighted by atomic mass is 10.0. The molecular weight excluding hydrogens is 392 g/mol. The average Bonchev–Trinajstić information content (AvgIpc) is 3.37. The Kier molecular flexibility index (Phi) is 5.18. The SMILES string of the molecule is COc1ccccc1C(NC(=O)c1ccc2nc(C(F)F)[nH]c2c1)c1nccn1C. The van der Waals surface area contributed by atoms with Crippen molar-refractivity contribution in [3.63, 3.8) is 0 Å². The van der Waals surface area contributed by atoms with Gasteiger partial charge in [-0.3, -0.25) is 4.79 Å². The van der Waals surface area contributed by atoms with Crippen LogP contribution in [0.3, 0.4) is 0 Å². The highest BCUT2D eigenvalue weighted by Gasteiger charge is 2.24. The monoisotopic (exact) mass is 411 g/mol. The van der Waals surface area contributed by atoms with Crippen LogP contribution >= 0.6 is 0 Å². The van der Waals surface area contributed by atoms with E-state index in [2.05, 4.69) is 20.3 Å². The Hall–Kier alpha value is -3.75. The lowest BCUT2D eigenvalue weighted by Crippen LogP contribution is -2.31. The first-order valence-electron chi connectivity index (χ1n) is 9.16. The molecule has 0 bridgehead atoms. The molecule has 154 valence electrons. The molecule has 0 aliphatic rings. The van der Waals surface area contributed by atoms with E-state index in [-0.39, 0.29) is 5.91 Å². The molecule has 1 amide bonds. The van der Waals surface area contributed by atoms with Crippen LogP contribution in [0.4, 0.5) is 8.78 Å². The van der Waals surface area contributed by atoms with Gasteiger partial charge in [0, 0.05) is 30.6 Å². The van der Waals surface area contributed by atoms with E-state index in [1.54, 1.807) is 31.6 Å². The number of aromatic nitrogens is 4. The minimum absolute atomic E-state index is 0.307. The molecule has 7 nitrogen and oxygen atoms in total. The van der Waals surface area contributed by atoms with E-state index in [4.69, 9.17) is 4.74 Å². The molecule has 1 atom stereocenters. The van der Waals surface area contributed by atoms with E-state index in [9.17, 15) is 13.6 Å². The third kappa shape index (κ3) is 3.61. The van der Waals surface area contributed by atoms with Gasteiger partial charge in [-0.05, 0) is 24.3 Å². The van der Waals surface area contributed by atoms with Gasteiger partial charge in [-0.2, -0.15) is 0 Å². The first kappa shape index (κ1) is 19.6. The molecule has 2 heterocycles. The van der Waals surface area contributed by atoms with Gasteiger partial charge in [-0.1, -0.05) is 18.2 Å². The quantitative estimate of drug-likeness (QED) is 0.506. The zero-order valence-corrected chi connectivity index (χ0v) is 16.3. The lowest BCUT2D eigenvalue weighted by Gasteiger charge is -2.21. The van der Waals surface area contributed by atoms with Crippen LogP contribution in [0.2, 0.25) is 0 Å². The molecule has 0 aliphatic carbocycles. The van der Waals surface area contributed by atoms with Crippen LogP contribution in [0.5, 0.6) is 5.75 Å². The van der Waals surface area contributed by atoms with Crippen LogP contribution in [0.25, 0.3) is 11.0 Å². The number of alkyl halides is 2. The van der Waals surface area contributed by atoms with Gasteiger partial charge < -0.3 is 19.6 Å². The number of carbonyl (C=O) groups is 1. The summed E-state index contributed by atoms with van der Waals surface area (Å²) in [6.07, 6.45) is 0.715. The van der Waals surface area contributed by atoms with E-state index in [1.807, 2.05) is 29.8 Å². The van der Waals surface area contributed by atoms with Gasteiger partial charge in [0.15, 0.2) is 5.82 Å². The summed E-state index contributed by atoms with van der Waals surface area (Å²) < 4.78 is 33.1. The number of benzene rings is 2. The molecule has 2 aromatic carbocycles. The smallest absolute Gasteiger partial charge is 0.295 e. The normalized spacial score (nSPS) is 12.3. The number of aromatic amines is 1. The minimum Gasteiger partial charge on any atom is -0.496 e. The number of amides is 1. The number of halogens is 2. The van der Waals surface area contributed by atoms with Gasteiger partial charge in [0.2, 0.25) is 0 Å². The number of nitrogens with one attached hydrogen (secondary N) is 2. The second-order valence-electron chi connectivity index (χ2n) is 6.70. The number of hydrogen-bond acceptors (Lipinski definition) is 4. The fourth-order valence-corrected chi connectivity index (χ4v) is 3.33. The number of rotatable bonds is 6. The predicted octanol–water partition coefficient (Wildman–Crippen LogP) is 3.76. The highest BCUT2D eigenvalue weighted by molar-refractivity contribution is 5.97. The Morgan fingerprint density at radius 2 is 2.03 bits per heavy atom. The summed E-state index contributed by atoms with van der Waals surface area (Å²) in [5.74, 6) is 0.415. The Labute approximate surface area is 170 Å². The molecule has 0 saturated heterocycles. The Morgan fingerprint density at radius 1 is 1.23 bits per heavy atom. The van der Waals surface area contributed by atoms with Crippen LogP contribution in [-0.4, -0.2) is 32.5 Å². The number of para-hydroxylation sites is 1. The molecule has 2 aromatic heterocycles. The van der Waals surface area contributed by atoms with Crippen molar-refractivity contribution in [2.45, 2.75) is 12.5 Å². The molecule has 0 spiro atoms. The van der Waals surface area contributed by atoms with Crippen LogP contribution < -0.4 is 10.1 Å². The maximum Gasteiger partial charge on any atom is 0.295 e. The Bertz CT molecular complexity index is 1200. The summed E-state index contributed by atoms with van der Waals surface area (Å²) in [5.41, 5.74) is 1.78. The zero-order valence-electron chi connectivity index (χ0n) is 16.3. The van der Waals surface area contributed by atoms with Crippen molar-refractivity contribution in [2.75, 3.05) is 7.11 Å². The second-order valence-corrected chi connectivity index (χ2v) is 6.70. The number of nitrogens with zero attached hydrogens (tertiary/aromatic N) is 3. The molecule has 0 aliphatic heterocycles. The largest absolute Gasteiger partial charge is 0.496 e. The number of methoxy groups -OCH3 is 1. The Balaban J connectivity index is 1.70. The molecule has 30 heavy (non-hydrogen) atoms. The molecule has 2 N–H and O–H groups in total. The second kappa shape index (κ2) is 7.94. The molecule has 0 saturated carbocycles. The summed E-state index contributed by atoms with van der Waals surface area (Å²) in [4.78, 5) is 23.8. The van der Waals surface area contributed by atoms with Crippen LogP contribution in [0.15, 0.2) is 54.9 Å². The minimum atomic E-state index is -2.71. The lowest BCUT2D eigenvalue weighted by molar-refractivity contribution is 0.0941. The van der Waals surface area contributed by atoms with Crippen LogP contribution in [-0.2, 0) is 7.05 Å². The Morgan fingerprint density at radius 3 is 2.73 bits per heavy atom. The third-order valence-electron chi connectivity index (χ3n) is 4.81. The first-order chi connectivity index (χ1) is 14.5. The number of carbonyl (C=O) groups excluding carboxylic acids is 1. The fourth-order valence-electron chi connectivity index (χ4n) is 3.33. The maximum absolute atomic E-state index is 13.0. The first-order valence-corrected chi connectivity index (χ1v) is 9.16. The van der Waals surface area contributed by atoms with Crippen molar-refractivity contribution in [3.05, 3.63) is 77.6 Å². The number of hydrogen-bond donors (Lipinski definition) is 2. The standard InChI is InChI=1S/C21H19F2N5O2/c1-28-10-9-24-20(28)17(13-5-3-4-6-16(13)30-2)27-21(29)12-7-8-14-15(11-12)26-19(25-14)18(22)23/h3-11,17-18H,1-2H3,(H,25,26)(H,27,29). The zero-order chi connectivity index (χ0) is 21.3. The van der Waals surface area contributed by atoms with Crippen molar-refractivity contribution >= 4 is 16.9 Å². The summed E-state index contributed by atoms with van der Waals surface area (Å²) >= 11 is 0. The summed E-state index contributed by atoms with van der Waals surface area (Å²) in [7, 11) is 3.39. The summed E-state index contributed by atoms with van der Waals surface area (Å²) in [5, 5.41) is 2.98. The van der Waals surface area contributed by atoms with Crippen molar-refractivity contribution in [2.24, 2.45) is 7.05 Å². The van der Waals surface area contributed by atoms with Gasteiger partial charge in [0.1, 0.15) is 17.6 Å². The summed E-state index contributed by atoms with van der Waals surface area (Å²) in [6, 6.07) is 11.3. The van der Waals surface area contributed by atoms with Crippen LogP contribution in [0.1, 0.15) is 40.0 Å². The van der Waals surface area contributed by atoms with E-state index in [1.165, 1.54) is 12.1 Å². The maximum atomic E-state index is 13.0. The molecule has 9 heteroatoms. The molecule has 4 rings (SSSR count). The van der Waals surface area contributed by atoms with E-state index in [0.29, 0.717) is 28.2 Å². The summed E-state index contributed by atoms with van der Waals surface area (Å²) in [6.45, 7) is 0. The van der Waals surface area contributed by atoms with Gasteiger partial charge >= 0.3 is 0 Å². The number of H-pyrrole nitrogens is 1. The number of ether oxygens (including phenoxy) is 1. The van der Waals surface area contributed by atoms with Gasteiger partial charge in [-0.15, -0.1) is 0 Å². The molecule has 4 aromatic rings. The van der Waals surface area contributed by atoms with E-state index in [0.717, 1.165) is 5.56 Å². The van der Waals surface area contributed by atoms with Gasteiger partial charge in [-0.25, -0.2) is 18.7 Å². The van der Waals surface area contributed by atoms with Crippen molar-refractivity contribution in [1.82, 2.24) is 24.8 Å². The van der Waals surface area contributed by atoms with E-state index < -0.39 is 18.3 Å². The number of aryl methyl sites for hydroxylation is 1. The molecule has 0 fully saturated rings. The fraction of sp³-hybridized carbons (Fsp3) is 0.190. The van der Waals surface area contributed by atoms with E-state index >= 15 is 0 Å². The highest BCUT2D eigenvalue weighted by atomic mass is 19.3. The number of fused-ring (bicyclic) bond motifs is 1. The predicted molar refractivity (Wildman–Crippen MR) is 107 cm³/mol. The van der Waals surface area contributed by atoms with Crippen LogP contribution in [0, 0.1) is 0 Å². The molecule has 1 unspecified atom stereocenters. The van der Waals surface area contributed by atoms with Crippen molar-refractivity contribution < 1.29 is 18.3 Å². The number of imidazole rings is 2. The van der Waals surface area contributed by atoms with Crippen molar-refractivity contribution in [1.29, 1.82) is 0 Å². The van der Waals surface area contributed by atoms with Gasteiger partial charge in [0.25, 0.3) is 12.3 Å². The average molecular weight is 411 g/mol. The van der Waals surface area contributed by atoms with Crippen molar-refractivity contribution in [3.8, 4) is 5.75 Å². The highest BCUT2D eigenvalue weighted by Crippen LogP contribution is 2.29. The molecule has 0 radical (unpaired) electrons. The van der Waals surface area contributed by atoms with Gasteiger partial charge in [0.05, 0.1) is 18.1 Å². The molecular formula is C21H19F2N5O2.